The summed E-state index contributed by atoms with van der Waals surface area (Å²) in [4.78, 5) is 25.1. The first kappa shape index (κ1) is 46.7. The second kappa shape index (κ2) is 30.8. The molecule has 2 rings (SSSR count). The molecular weight excluding hydrogens is 682 g/mol. The minimum absolute atomic E-state index is 0.0338. The highest BCUT2D eigenvalue weighted by Gasteiger charge is 2.18. The molecule has 1 atom stereocenters. The molecule has 0 aliphatic rings. The van der Waals surface area contributed by atoms with Gasteiger partial charge in [0.25, 0.3) is 0 Å². The molecular formula is C45H73NO8. The third-order valence-corrected chi connectivity index (χ3v) is 9.29. The minimum atomic E-state index is -0.908. The van der Waals surface area contributed by atoms with Gasteiger partial charge in [-0.25, -0.2) is 0 Å². The fraction of sp³-hybridized carbons (Fsp3) is 0.689. The van der Waals surface area contributed by atoms with Crippen LogP contribution in [0.3, 0.4) is 0 Å². The summed E-state index contributed by atoms with van der Waals surface area (Å²) in [5.74, 6) is 2.05. The molecule has 2 aromatic rings. The number of benzene rings is 2. The molecule has 0 heterocycles. The van der Waals surface area contributed by atoms with Crippen molar-refractivity contribution < 1.29 is 38.0 Å². The Morgan fingerprint density at radius 1 is 0.500 bits per heavy atom. The maximum atomic E-state index is 12.6. The quantitative estimate of drug-likeness (QED) is 0.0550. The van der Waals surface area contributed by atoms with E-state index in [9.17, 15) is 9.59 Å². The average Bonchev–Trinajstić information content (AvgIpc) is 3.17. The Morgan fingerprint density at radius 3 is 1.30 bits per heavy atom. The van der Waals surface area contributed by atoms with Crippen molar-refractivity contribution in [1.29, 1.82) is 0 Å². The van der Waals surface area contributed by atoms with Gasteiger partial charge in [0.2, 0.25) is 0 Å². The summed E-state index contributed by atoms with van der Waals surface area (Å²) in [7, 11) is 0. The topological polar surface area (TPSA) is 116 Å². The number of carbonyl (C=O) groups is 2. The van der Waals surface area contributed by atoms with Gasteiger partial charge in [-0.15, -0.1) is 0 Å². The van der Waals surface area contributed by atoms with Gasteiger partial charge in [-0.3, -0.25) is 9.59 Å². The first-order valence-electron chi connectivity index (χ1n) is 21.3. The number of esters is 2. The predicted molar refractivity (Wildman–Crippen MR) is 218 cm³/mol. The molecule has 54 heavy (non-hydrogen) atoms. The van der Waals surface area contributed by atoms with E-state index in [4.69, 9.17) is 34.2 Å². The van der Waals surface area contributed by atoms with Gasteiger partial charge in [-0.2, -0.15) is 0 Å². The van der Waals surface area contributed by atoms with Crippen molar-refractivity contribution in [1.82, 2.24) is 0 Å². The summed E-state index contributed by atoms with van der Waals surface area (Å²) in [5, 5.41) is 0. The molecule has 0 amide bonds. The number of nitrogens with two attached hydrogens (primary N) is 1. The van der Waals surface area contributed by atoms with Gasteiger partial charge in [0.1, 0.15) is 6.04 Å². The van der Waals surface area contributed by atoms with Crippen molar-refractivity contribution >= 4 is 11.9 Å². The highest BCUT2D eigenvalue weighted by atomic mass is 16.5. The fourth-order valence-corrected chi connectivity index (χ4v) is 5.85. The van der Waals surface area contributed by atoms with Crippen LogP contribution < -0.4 is 24.7 Å². The Hall–Kier alpha value is -3.46. The van der Waals surface area contributed by atoms with Crippen molar-refractivity contribution in [3.8, 4) is 23.0 Å². The molecule has 0 aliphatic heterocycles. The molecule has 9 heteroatoms. The van der Waals surface area contributed by atoms with Gasteiger partial charge in [0.05, 0.1) is 39.6 Å². The summed E-state index contributed by atoms with van der Waals surface area (Å²) in [6, 6.07) is 10.9. The van der Waals surface area contributed by atoms with Gasteiger partial charge in [-0.1, -0.05) is 117 Å². The Balaban J connectivity index is 1.77. The fourth-order valence-electron chi connectivity index (χ4n) is 5.85. The monoisotopic (exact) mass is 756 g/mol. The van der Waals surface area contributed by atoms with Gasteiger partial charge in [0, 0.05) is 19.3 Å². The van der Waals surface area contributed by atoms with E-state index in [0.717, 1.165) is 85.5 Å². The van der Waals surface area contributed by atoms with Crippen molar-refractivity contribution in [3.05, 3.63) is 47.5 Å². The van der Waals surface area contributed by atoms with Crippen molar-refractivity contribution in [2.45, 2.75) is 162 Å². The summed E-state index contributed by atoms with van der Waals surface area (Å²) in [6.45, 7) is 11.8. The number of hydrogen-bond donors (Lipinski definition) is 1. The maximum absolute atomic E-state index is 12.6. The molecule has 0 spiro atoms. The van der Waals surface area contributed by atoms with Crippen LogP contribution in [-0.2, 0) is 31.9 Å². The van der Waals surface area contributed by atoms with Crippen LogP contribution in [0, 0.1) is 0 Å². The lowest BCUT2D eigenvalue weighted by Crippen LogP contribution is -2.33. The minimum Gasteiger partial charge on any atom is -0.490 e. The molecule has 0 fully saturated rings. The average molecular weight is 756 g/mol. The van der Waals surface area contributed by atoms with E-state index in [1.54, 1.807) is 0 Å². The highest BCUT2D eigenvalue weighted by Crippen LogP contribution is 2.31. The van der Waals surface area contributed by atoms with Gasteiger partial charge in [-0.05, 0) is 67.5 Å². The van der Waals surface area contributed by atoms with E-state index in [0.29, 0.717) is 39.3 Å². The number of carbonyl (C=O) groups excluding carboxylic acids is 2. The standard InChI is InChI=1S/C45H73NO8/c1-5-9-13-17-29-49-40-24-21-37(35-42(40)51-31-19-15-11-7-3)27-33-53-44(47)26-23-39(46)45(48)54-34-28-38-22-25-41(50-30-18-14-10-6-2)43(36-38)52-32-20-16-12-8-4/h21-22,24-25,35-36,39H,5-20,23,26-34,46H2,1-4H3/t39-/m0/s1. The highest BCUT2D eigenvalue weighted by molar-refractivity contribution is 5.77. The zero-order valence-corrected chi connectivity index (χ0v) is 34.3. The van der Waals surface area contributed by atoms with Crippen LogP contribution in [0.1, 0.15) is 154 Å². The van der Waals surface area contributed by atoms with Crippen LogP contribution >= 0.6 is 0 Å². The van der Waals surface area contributed by atoms with Crippen molar-refractivity contribution in [3.63, 3.8) is 0 Å². The zero-order chi connectivity index (χ0) is 39.1. The first-order valence-corrected chi connectivity index (χ1v) is 21.3. The summed E-state index contributed by atoms with van der Waals surface area (Å²) in [5.41, 5.74) is 8.07. The molecule has 0 unspecified atom stereocenters. The van der Waals surface area contributed by atoms with E-state index < -0.39 is 18.0 Å². The van der Waals surface area contributed by atoms with Crippen LogP contribution in [0.15, 0.2) is 36.4 Å². The molecule has 306 valence electrons. The lowest BCUT2D eigenvalue weighted by Gasteiger charge is -2.15. The Labute approximate surface area is 327 Å². The summed E-state index contributed by atoms with van der Waals surface area (Å²) >= 11 is 0. The molecule has 2 N–H and O–H groups in total. The van der Waals surface area contributed by atoms with E-state index in [-0.39, 0.29) is 26.1 Å². The lowest BCUT2D eigenvalue weighted by atomic mass is 10.1. The van der Waals surface area contributed by atoms with Crippen LogP contribution in [0.25, 0.3) is 0 Å². The van der Waals surface area contributed by atoms with Gasteiger partial charge >= 0.3 is 11.9 Å². The van der Waals surface area contributed by atoms with Crippen LogP contribution in [0.2, 0.25) is 0 Å². The third-order valence-electron chi connectivity index (χ3n) is 9.29. The molecule has 0 aliphatic carbocycles. The Kier molecular flexibility index (Phi) is 26.7. The maximum Gasteiger partial charge on any atom is 0.322 e. The molecule has 0 saturated carbocycles. The number of ether oxygens (including phenoxy) is 6. The molecule has 0 bridgehead atoms. The zero-order valence-electron chi connectivity index (χ0n) is 34.3. The van der Waals surface area contributed by atoms with Gasteiger partial charge < -0.3 is 34.2 Å². The Morgan fingerprint density at radius 2 is 0.889 bits per heavy atom. The van der Waals surface area contributed by atoms with E-state index in [2.05, 4.69) is 27.7 Å². The molecule has 9 nitrogen and oxygen atoms in total. The summed E-state index contributed by atoms with van der Waals surface area (Å²) < 4.78 is 35.3. The van der Waals surface area contributed by atoms with Crippen LogP contribution in [0.5, 0.6) is 23.0 Å². The molecule has 0 saturated heterocycles. The van der Waals surface area contributed by atoms with Crippen LogP contribution in [0.4, 0.5) is 0 Å². The van der Waals surface area contributed by atoms with E-state index in [1.807, 2.05) is 36.4 Å². The van der Waals surface area contributed by atoms with Crippen molar-refractivity contribution in [2.24, 2.45) is 5.73 Å². The number of unbranched alkanes of at least 4 members (excludes halogenated alkanes) is 12. The Bertz CT molecular complexity index is 1270. The van der Waals surface area contributed by atoms with Gasteiger partial charge in [0.15, 0.2) is 23.0 Å². The number of rotatable bonds is 34. The lowest BCUT2D eigenvalue weighted by molar-refractivity contribution is -0.146. The normalized spacial score (nSPS) is 11.6. The van der Waals surface area contributed by atoms with Crippen LogP contribution in [-0.4, -0.2) is 57.6 Å². The molecule has 0 radical (unpaired) electrons. The smallest absolute Gasteiger partial charge is 0.322 e. The van der Waals surface area contributed by atoms with E-state index >= 15 is 0 Å². The SMILES string of the molecule is CCCCCCOc1ccc(CCOC(=O)CC[C@H](N)C(=O)OCCc2ccc(OCCCCCC)c(OCCCCCC)c2)cc1OCCCCCC. The third kappa shape index (κ3) is 21.4. The second-order valence-electron chi connectivity index (χ2n) is 14.2. The number of hydrogen-bond acceptors (Lipinski definition) is 9. The second-order valence-corrected chi connectivity index (χ2v) is 14.2. The molecule has 2 aromatic carbocycles. The largest absolute Gasteiger partial charge is 0.490 e. The first-order chi connectivity index (χ1) is 26.4. The molecule has 0 aromatic heterocycles. The van der Waals surface area contributed by atoms with Crippen molar-refractivity contribution in [2.75, 3.05) is 39.6 Å². The predicted octanol–water partition coefficient (Wildman–Crippen LogP) is 10.5. The van der Waals surface area contributed by atoms with E-state index in [1.165, 1.54) is 51.4 Å². The summed E-state index contributed by atoms with van der Waals surface area (Å²) in [6.07, 6.45) is 19.4.